The fraction of sp³-hybridized carbons (Fsp3) is 0.400. The number of rotatable bonds is 10. The van der Waals surface area contributed by atoms with Crippen molar-refractivity contribution in [2.45, 2.75) is 52.0 Å². The molecule has 8 heteroatoms. The quantitative estimate of drug-likeness (QED) is 0.276. The van der Waals surface area contributed by atoms with E-state index in [0.717, 1.165) is 59.9 Å². The van der Waals surface area contributed by atoms with Crippen LogP contribution in [0.3, 0.4) is 0 Å². The predicted octanol–water partition coefficient (Wildman–Crippen LogP) is 4.22. The average molecular weight is 513 g/mol. The van der Waals surface area contributed by atoms with E-state index in [2.05, 4.69) is 27.5 Å². The first-order valence-electron chi connectivity index (χ1n) is 13.6. The Balaban J connectivity index is 1.33. The number of aromatic amines is 1. The van der Waals surface area contributed by atoms with Crippen molar-refractivity contribution in [1.82, 2.24) is 30.2 Å². The topological polar surface area (TPSA) is 105 Å². The molecule has 5 rings (SSSR count). The molecule has 3 heterocycles. The highest BCUT2D eigenvalue weighted by molar-refractivity contribution is 5.95. The molecule has 0 bridgehead atoms. The predicted molar refractivity (Wildman–Crippen MR) is 150 cm³/mol. The Labute approximate surface area is 222 Å². The van der Waals surface area contributed by atoms with Gasteiger partial charge >= 0.3 is 5.69 Å². The summed E-state index contributed by atoms with van der Waals surface area (Å²) in [5, 5.41) is 6.12. The van der Waals surface area contributed by atoms with Gasteiger partial charge in [0.15, 0.2) is 5.65 Å². The highest BCUT2D eigenvalue weighted by Crippen LogP contribution is 2.27. The number of carbonyl (C=O) groups excluding carboxylic acids is 1. The van der Waals surface area contributed by atoms with Gasteiger partial charge in [-0.1, -0.05) is 43.2 Å². The summed E-state index contributed by atoms with van der Waals surface area (Å²) in [4.78, 5) is 37.2. The maximum atomic E-state index is 12.9. The molecule has 8 nitrogen and oxygen atoms in total. The fourth-order valence-corrected chi connectivity index (χ4v) is 5.41. The lowest BCUT2D eigenvalue weighted by Crippen LogP contribution is -2.18. The summed E-state index contributed by atoms with van der Waals surface area (Å²) >= 11 is 0. The molecule has 38 heavy (non-hydrogen) atoms. The first kappa shape index (κ1) is 25.9. The van der Waals surface area contributed by atoms with Gasteiger partial charge in [-0.05, 0) is 79.6 Å². The second-order valence-electron chi connectivity index (χ2n) is 10.2. The summed E-state index contributed by atoms with van der Waals surface area (Å²) in [6.07, 6.45) is 8.60. The molecule has 0 radical (unpaired) electrons. The van der Waals surface area contributed by atoms with Crippen LogP contribution in [0.4, 0.5) is 0 Å². The van der Waals surface area contributed by atoms with Gasteiger partial charge in [-0.2, -0.15) is 0 Å². The van der Waals surface area contributed by atoms with Crippen LogP contribution in [0, 0.1) is 12.8 Å². The van der Waals surface area contributed by atoms with Gasteiger partial charge in [0.25, 0.3) is 5.91 Å². The molecule has 0 spiro atoms. The number of H-pyrrole nitrogens is 1. The average Bonchev–Trinajstić information content (AvgIpc) is 3.56. The smallest absolute Gasteiger partial charge is 0.328 e. The van der Waals surface area contributed by atoms with Crippen molar-refractivity contribution in [3.8, 4) is 11.1 Å². The molecule has 0 aliphatic carbocycles. The molecule has 1 unspecified atom stereocenters. The van der Waals surface area contributed by atoms with Crippen molar-refractivity contribution >= 4 is 17.1 Å². The summed E-state index contributed by atoms with van der Waals surface area (Å²) in [6.45, 7) is 4.78. The van der Waals surface area contributed by atoms with Crippen LogP contribution in [0.5, 0.6) is 0 Å². The van der Waals surface area contributed by atoms with Crippen LogP contribution in [-0.4, -0.2) is 45.6 Å². The normalized spacial score (nSPS) is 15.3. The van der Waals surface area contributed by atoms with E-state index in [0.29, 0.717) is 23.3 Å². The molecule has 1 fully saturated rings. The zero-order chi connectivity index (χ0) is 26.5. The molecule has 1 aliphatic heterocycles. The van der Waals surface area contributed by atoms with Crippen LogP contribution in [0.1, 0.15) is 59.4 Å². The van der Waals surface area contributed by atoms with E-state index in [1.54, 1.807) is 23.9 Å². The van der Waals surface area contributed by atoms with Gasteiger partial charge in [0.05, 0.1) is 12.7 Å². The van der Waals surface area contributed by atoms with E-state index in [1.165, 1.54) is 25.7 Å². The van der Waals surface area contributed by atoms with Crippen LogP contribution >= 0.6 is 0 Å². The van der Waals surface area contributed by atoms with E-state index in [-0.39, 0.29) is 11.6 Å². The van der Waals surface area contributed by atoms with Gasteiger partial charge in [-0.3, -0.25) is 9.36 Å². The van der Waals surface area contributed by atoms with Crippen molar-refractivity contribution in [1.29, 1.82) is 0 Å². The molecule has 1 amide bonds. The Morgan fingerprint density at radius 3 is 2.84 bits per heavy atom. The zero-order valence-corrected chi connectivity index (χ0v) is 22.2. The first-order chi connectivity index (χ1) is 18.5. The molecule has 1 atom stereocenters. The number of nitrogens with one attached hydrogen (secondary N) is 3. The summed E-state index contributed by atoms with van der Waals surface area (Å²) in [5.41, 5.74) is 5.80. The number of nitrogens with zero attached hydrogens (tertiary/aromatic N) is 3. The molecule has 1 saturated heterocycles. The van der Waals surface area contributed by atoms with Crippen LogP contribution in [0.15, 0.2) is 53.5 Å². The van der Waals surface area contributed by atoms with Gasteiger partial charge in [0.2, 0.25) is 0 Å². The molecule has 198 valence electrons. The largest absolute Gasteiger partial charge is 0.355 e. The maximum Gasteiger partial charge on any atom is 0.328 e. The number of unbranched alkanes of at least 4 members (excludes halogenated alkanes) is 2. The number of hydrogen-bond donors (Lipinski definition) is 3. The van der Waals surface area contributed by atoms with Crippen LogP contribution in [-0.2, 0) is 13.0 Å². The Hall–Kier alpha value is -3.78. The number of fused-ring (bicyclic) bond motifs is 1. The molecular formula is C30H36N6O2. The van der Waals surface area contributed by atoms with Crippen molar-refractivity contribution in [2.75, 3.05) is 20.1 Å². The fourth-order valence-electron chi connectivity index (χ4n) is 5.41. The minimum absolute atomic E-state index is 0.118. The van der Waals surface area contributed by atoms with Crippen molar-refractivity contribution in [3.63, 3.8) is 0 Å². The Morgan fingerprint density at radius 2 is 2.03 bits per heavy atom. The van der Waals surface area contributed by atoms with E-state index in [9.17, 15) is 9.59 Å². The number of imidazole rings is 1. The Kier molecular flexibility index (Phi) is 7.98. The molecule has 3 N–H and O–H groups in total. The van der Waals surface area contributed by atoms with Crippen molar-refractivity contribution < 1.29 is 4.79 Å². The summed E-state index contributed by atoms with van der Waals surface area (Å²) in [6, 6.07) is 13.7. The highest BCUT2D eigenvalue weighted by Gasteiger charge is 2.15. The molecule has 1 aliphatic rings. The molecule has 4 aromatic rings. The maximum absolute atomic E-state index is 12.9. The summed E-state index contributed by atoms with van der Waals surface area (Å²) in [5.74, 6) is 1.50. The van der Waals surface area contributed by atoms with E-state index in [4.69, 9.17) is 4.98 Å². The lowest BCUT2D eigenvalue weighted by Gasteiger charge is -2.13. The van der Waals surface area contributed by atoms with Gasteiger partial charge in [-0.15, -0.1) is 0 Å². The van der Waals surface area contributed by atoms with Crippen LogP contribution in [0.25, 0.3) is 22.3 Å². The standard InChI is InChI=1S/C30H36N6O2/c1-20-24(11-7-12-25(20)22-9-6-10-23(16-22)29(37)31-2)19-36-28-26(34-30(36)38)18-33-27(35-28)13-5-3-4-8-21-14-15-32-17-21/h6-7,9-12,16,18,21,32H,3-5,8,13-15,17,19H2,1-2H3,(H,31,37)(H,34,38). The SMILES string of the molecule is CNC(=O)c1cccc(-c2cccc(Cn3c(=O)[nH]c4cnc(CCCCCC5CCNC5)nc43)c2C)c1. The molecule has 2 aromatic heterocycles. The number of carbonyl (C=O) groups is 1. The second kappa shape index (κ2) is 11.7. The Morgan fingerprint density at radius 1 is 1.16 bits per heavy atom. The molecule has 0 saturated carbocycles. The minimum Gasteiger partial charge on any atom is -0.355 e. The van der Waals surface area contributed by atoms with Crippen LogP contribution in [0.2, 0.25) is 0 Å². The zero-order valence-electron chi connectivity index (χ0n) is 22.2. The lowest BCUT2D eigenvalue weighted by molar-refractivity contribution is 0.0963. The Bertz CT molecular complexity index is 1480. The van der Waals surface area contributed by atoms with Crippen LogP contribution < -0.4 is 16.3 Å². The van der Waals surface area contributed by atoms with Gasteiger partial charge < -0.3 is 15.6 Å². The first-order valence-corrected chi connectivity index (χ1v) is 13.6. The van der Waals surface area contributed by atoms with Gasteiger partial charge in [-0.25, -0.2) is 14.8 Å². The summed E-state index contributed by atoms with van der Waals surface area (Å²) < 4.78 is 1.70. The second-order valence-corrected chi connectivity index (χ2v) is 10.2. The number of aryl methyl sites for hydroxylation is 1. The van der Waals surface area contributed by atoms with Crippen molar-refractivity contribution in [3.05, 3.63) is 81.7 Å². The van der Waals surface area contributed by atoms with E-state index >= 15 is 0 Å². The third-order valence-corrected chi connectivity index (χ3v) is 7.67. The molecular weight excluding hydrogens is 476 g/mol. The third-order valence-electron chi connectivity index (χ3n) is 7.67. The number of aromatic nitrogens is 4. The number of benzene rings is 2. The minimum atomic E-state index is -0.192. The summed E-state index contributed by atoms with van der Waals surface area (Å²) in [7, 11) is 1.63. The third kappa shape index (κ3) is 5.70. The van der Waals surface area contributed by atoms with E-state index in [1.807, 2.05) is 36.4 Å². The monoisotopic (exact) mass is 512 g/mol. The van der Waals surface area contributed by atoms with Crippen molar-refractivity contribution in [2.24, 2.45) is 5.92 Å². The van der Waals surface area contributed by atoms with E-state index < -0.39 is 0 Å². The number of amides is 1. The van der Waals surface area contributed by atoms with Gasteiger partial charge in [0, 0.05) is 19.0 Å². The molecule has 2 aromatic carbocycles. The number of hydrogen-bond acceptors (Lipinski definition) is 5. The van der Waals surface area contributed by atoms with Gasteiger partial charge in [0.1, 0.15) is 11.3 Å². The lowest BCUT2D eigenvalue weighted by atomic mass is 9.95. The highest BCUT2D eigenvalue weighted by atomic mass is 16.2.